The molecule has 0 saturated heterocycles. The van der Waals surface area contributed by atoms with Crippen LogP contribution >= 0.6 is 0 Å². The fraction of sp³-hybridized carbons (Fsp3) is 0.625. The fourth-order valence-electron chi connectivity index (χ4n) is 2.66. The molecule has 0 aromatic heterocycles. The zero-order chi connectivity index (χ0) is 12.6. The van der Waals surface area contributed by atoms with Gasteiger partial charge in [0, 0.05) is 19.3 Å². The summed E-state index contributed by atoms with van der Waals surface area (Å²) in [7, 11) is 0. The highest BCUT2D eigenvalue weighted by molar-refractivity contribution is 5.32. The molecule has 0 heterocycles. The Bertz CT molecular complexity index is 351. The first kappa shape index (κ1) is 13.6. The third-order valence-corrected chi connectivity index (χ3v) is 3.57. The topological polar surface area (TPSA) is 21.3 Å². The fourth-order valence-corrected chi connectivity index (χ4v) is 2.66. The molecule has 1 N–H and O–H groups in total. The van der Waals surface area contributed by atoms with E-state index in [1.165, 1.54) is 30.4 Å². The van der Waals surface area contributed by atoms with Gasteiger partial charge in [0.1, 0.15) is 0 Å². The summed E-state index contributed by atoms with van der Waals surface area (Å²) in [5.41, 5.74) is 3.04. The van der Waals surface area contributed by atoms with Crippen molar-refractivity contribution in [1.82, 2.24) is 5.32 Å². The minimum atomic E-state index is 0.557. The van der Waals surface area contributed by atoms with Crippen LogP contribution in [0.3, 0.4) is 0 Å². The van der Waals surface area contributed by atoms with E-state index >= 15 is 0 Å². The van der Waals surface area contributed by atoms with Gasteiger partial charge >= 0.3 is 0 Å². The van der Waals surface area contributed by atoms with Crippen molar-refractivity contribution in [1.29, 1.82) is 0 Å². The number of hydrogen-bond acceptors (Lipinski definition) is 2. The third-order valence-electron chi connectivity index (χ3n) is 3.57. The lowest BCUT2D eigenvalue weighted by Crippen LogP contribution is -2.26. The second-order valence-corrected chi connectivity index (χ2v) is 5.06. The van der Waals surface area contributed by atoms with Gasteiger partial charge in [-0.15, -0.1) is 0 Å². The first-order valence-electron chi connectivity index (χ1n) is 7.30. The lowest BCUT2D eigenvalue weighted by Gasteiger charge is -2.26. The number of hydrogen-bond donors (Lipinski definition) is 1. The molecular weight excluding hydrogens is 222 g/mol. The van der Waals surface area contributed by atoms with Gasteiger partial charge in [0.05, 0.1) is 0 Å². The maximum atomic E-state index is 5.50. The van der Waals surface area contributed by atoms with Crippen LogP contribution in [-0.4, -0.2) is 19.8 Å². The van der Waals surface area contributed by atoms with Crippen molar-refractivity contribution in [3.63, 3.8) is 0 Å². The van der Waals surface area contributed by atoms with Gasteiger partial charge in [0.25, 0.3) is 0 Å². The van der Waals surface area contributed by atoms with Gasteiger partial charge in [-0.2, -0.15) is 0 Å². The summed E-state index contributed by atoms with van der Waals surface area (Å²) in [6.07, 6.45) is 6.05. The first-order valence-corrected chi connectivity index (χ1v) is 7.30. The van der Waals surface area contributed by atoms with Crippen molar-refractivity contribution in [3.8, 4) is 0 Å². The second kappa shape index (κ2) is 7.55. The Hall–Kier alpha value is -0.860. The van der Waals surface area contributed by atoms with Crippen LogP contribution in [0.25, 0.3) is 0 Å². The molecule has 1 unspecified atom stereocenters. The average Bonchev–Trinajstić information content (AvgIpc) is 2.43. The molecule has 18 heavy (non-hydrogen) atoms. The first-order chi connectivity index (χ1) is 8.92. The zero-order valence-electron chi connectivity index (χ0n) is 11.5. The van der Waals surface area contributed by atoms with E-state index < -0.39 is 0 Å². The van der Waals surface area contributed by atoms with Crippen molar-refractivity contribution in [2.45, 2.75) is 45.1 Å². The second-order valence-electron chi connectivity index (χ2n) is 5.06. The van der Waals surface area contributed by atoms with E-state index in [4.69, 9.17) is 4.74 Å². The molecule has 1 aliphatic carbocycles. The summed E-state index contributed by atoms with van der Waals surface area (Å²) in [5.74, 6) is 0. The molecule has 0 saturated carbocycles. The van der Waals surface area contributed by atoms with Crippen LogP contribution in [0, 0.1) is 0 Å². The molecule has 0 aliphatic heterocycles. The lowest BCUT2D eigenvalue weighted by atomic mass is 9.88. The molecule has 1 aliphatic rings. The molecule has 0 fully saturated rings. The maximum absolute atomic E-state index is 5.50. The highest BCUT2D eigenvalue weighted by Gasteiger charge is 2.18. The summed E-state index contributed by atoms with van der Waals surface area (Å²) in [5, 5.41) is 3.67. The molecule has 0 radical (unpaired) electrons. The number of rotatable bonds is 7. The van der Waals surface area contributed by atoms with Crippen LogP contribution in [0.15, 0.2) is 24.3 Å². The Morgan fingerprint density at radius 1 is 1.28 bits per heavy atom. The highest BCUT2D eigenvalue weighted by Crippen LogP contribution is 2.29. The van der Waals surface area contributed by atoms with Crippen molar-refractivity contribution >= 4 is 0 Å². The predicted molar refractivity (Wildman–Crippen MR) is 75.9 cm³/mol. The summed E-state index contributed by atoms with van der Waals surface area (Å²) in [4.78, 5) is 0. The average molecular weight is 247 g/mol. The summed E-state index contributed by atoms with van der Waals surface area (Å²) >= 11 is 0. The normalized spacial score (nSPS) is 18.6. The molecule has 1 aromatic carbocycles. The van der Waals surface area contributed by atoms with E-state index in [0.29, 0.717) is 6.04 Å². The minimum Gasteiger partial charge on any atom is -0.381 e. The van der Waals surface area contributed by atoms with E-state index in [1.807, 2.05) is 0 Å². The van der Waals surface area contributed by atoms with E-state index in [1.54, 1.807) is 0 Å². The molecule has 2 nitrogen and oxygen atoms in total. The number of fused-ring (bicyclic) bond motifs is 1. The summed E-state index contributed by atoms with van der Waals surface area (Å²) in [6.45, 7) is 4.99. The Labute approximate surface area is 111 Å². The number of aryl methyl sites for hydroxylation is 1. The van der Waals surface area contributed by atoms with Crippen LogP contribution in [0.5, 0.6) is 0 Å². The van der Waals surface area contributed by atoms with Gasteiger partial charge in [0.15, 0.2) is 0 Å². The van der Waals surface area contributed by atoms with Crippen molar-refractivity contribution < 1.29 is 4.74 Å². The molecule has 1 atom stereocenters. The highest BCUT2D eigenvalue weighted by atomic mass is 16.5. The Morgan fingerprint density at radius 2 is 2.17 bits per heavy atom. The largest absolute Gasteiger partial charge is 0.381 e. The van der Waals surface area contributed by atoms with Gasteiger partial charge in [-0.25, -0.2) is 0 Å². The van der Waals surface area contributed by atoms with E-state index in [2.05, 4.69) is 36.5 Å². The molecule has 0 bridgehead atoms. The summed E-state index contributed by atoms with van der Waals surface area (Å²) < 4.78 is 5.50. The van der Waals surface area contributed by atoms with Gasteiger partial charge < -0.3 is 10.1 Å². The van der Waals surface area contributed by atoms with Gasteiger partial charge in [-0.05, 0) is 49.8 Å². The lowest BCUT2D eigenvalue weighted by molar-refractivity contribution is 0.131. The molecule has 0 amide bonds. The smallest absolute Gasteiger partial charge is 0.0478 e. The van der Waals surface area contributed by atoms with Crippen molar-refractivity contribution in [3.05, 3.63) is 35.4 Å². The molecule has 2 heteroatoms. The molecule has 0 spiro atoms. The standard InChI is InChI=1S/C16H25NO/c1-2-12-18-13-6-11-17-16-10-5-8-14-7-3-4-9-15(14)16/h3-4,7,9,16-17H,2,5-6,8,10-13H2,1H3. The number of nitrogens with one attached hydrogen (secondary N) is 1. The summed E-state index contributed by atoms with van der Waals surface area (Å²) in [6, 6.07) is 9.41. The van der Waals surface area contributed by atoms with Crippen LogP contribution in [0.4, 0.5) is 0 Å². The molecule has 2 rings (SSSR count). The molecule has 100 valence electrons. The van der Waals surface area contributed by atoms with Crippen molar-refractivity contribution in [2.24, 2.45) is 0 Å². The Morgan fingerprint density at radius 3 is 3.06 bits per heavy atom. The van der Waals surface area contributed by atoms with E-state index in [-0.39, 0.29) is 0 Å². The number of ether oxygens (including phenoxy) is 1. The minimum absolute atomic E-state index is 0.557. The molecular formula is C16H25NO. The van der Waals surface area contributed by atoms with Gasteiger partial charge in [-0.1, -0.05) is 31.2 Å². The van der Waals surface area contributed by atoms with E-state index in [0.717, 1.165) is 32.6 Å². The van der Waals surface area contributed by atoms with Gasteiger partial charge in [-0.3, -0.25) is 0 Å². The van der Waals surface area contributed by atoms with Gasteiger partial charge in [0.2, 0.25) is 0 Å². The zero-order valence-corrected chi connectivity index (χ0v) is 11.5. The Kier molecular flexibility index (Phi) is 5.69. The Balaban J connectivity index is 1.74. The predicted octanol–water partition coefficient (Wildman–Crippen LogP) is 3.47. The maximum Gasteiger partial charge on any atom is 0.0478 e. The van der Waals surface area contributed by atoms with Crippen LogP contribution in [-0.2, 0) is 11.2 Å². The van der Waals surface area contributed by atoms with Crippen LogP contribution in [0.1, 0.15) is 49.8 Å². The van der Waals surface area contributed by atoms with E-state index in [9.17, 15) is 0 Å². The third kappa shape index (κ3) is 3.82. The van der Waals surface area contributed by atoms with Crippen LogP contribution in [0.2, 0.25) is 0 Å². The van der Waals surface area contributed by atoms with Crippen molar-refractivity contribution in [2.75, 3.05) is 19.8 Å². The SMILES string of the molecule is CCCOCCCNC1CCCc2ccccc21. The molecule has 1 aromatic rings. The number of benzene rings is 1. The quantitative estimate of drug-likeness (QED) is 0.745. The monoisotopic (exact) mass is 247 g/mol. The van der Waals surface area contributed by atoms with Crippen LogP contribution < -0.4 is 5.32 Å².